The Bertz CT molecular complexity index is 1970. The maximum absolute atomic E-state index is 12.7. The summed E-state index contributed by atoms with van der Waals surface area (Å²) in [6.45, 7) is 2.94. The molecule has 0 radical (unpaired) electrons. The maximum Gasteiger partial charge on any atom is 0.308 e. The molecule has 11 heteroatoms. The van der Waals surface area contributed by atoms with Crippen LogP contribution in [0.1, 0.15) is 52.4 Å². The molecule has 262 valence electrons. The van der Waals surface area contributed by atoms with Crippen LogP contribution in [0.4, 0.5) is 0 Å². The molecule has 0 N–H and O–H groups in total. The molecule has 4 heterocycles. The summed E-state index contributed by atoms with van der Waals surface area (Å²) in [6.07, 6.45) is 2.69. The standard InChI is InChI=1S/C39H40Cl2N2O7/c1-21(44)48-39-37-35-26(36(41)38(39)47-6)12-14-43(3)30(35)16-24-18-33(32(46-5)20-28(24)40)49-25-9-7-22(8-10-25)15-29-27-19-34(50-37)31(45-4)17-23(27)11-13-42(29)2/h7-10,17-20,29-30H,11-16H2,1-6H3/t29?,30-/m0/s1. The van der Waals surface area contributed by atoms with Gasteiger partial charge in [-0.25, -0.2) is 0 Å². The average molecular weight is 720 g/mol. The smallest absolute Gasteiger partial charge is 0.308 e. The van der Waals surface area contributed by atoms with Crippen molar-refractivity contribution in [2.24, 2.45) is 0 Å². The molecule has 0 saturated carbocycles. The van der Waals surface area contributed by atoms with Crippen LogP contribution >= 0.6 is 23.2 Å². The number of hydrogen-bond donors (Lipinski definition) is 0. The zero-order valence-electron chi connectivity index (χ0n) is 29.0. The third-order valence-corrected chi connectivity index (χ3v) is 10.8. The molecule has 0 spiro atoms. The average Bonchev–Trinajstić information content (AvgIpc) is 3.10. The summed E-state index contributed by atoms with van der Waals surface area (Å²) in [4.78, 5) is 17.3. The van der Waals surface area contributed by atoms with Crippen molar-refractivity contribution in [1.29, 1.82) is 0 Å². The highest BCUT2D eigenvalue weighted by Gasteiger charge is 2.38. The van der Waals surface area contributed by atoms with Crippen LogP contribution in [0.3, 0.4) is 0 Å². The van der Waals surface area contributed by atoms with Gasteiger partial charge in [0.2, 0.25) is 5.75 Å². The summed E-state index contributed by atoms with van der Waals surface area (Å²) in [5.41, 5.74) is 5.95. The van der Waals surface area contributed by atoms with E-state index in [1.54, 1.807) is 20.3 Å². The summed E-state index contributed by atoms with van der Waals surface area (Å²) < 4.78 is 36.8. The van der Waals surface area contributed by atoms with E-state index in [2.05, 4.69) is 41.1 Å². The number of halogens is 2. The first-order valence-electron chi connectivity index (χ1n) is 16.6. The first-order chi connectivity index (χ1) is 24.1. The number of hydrogen-bond acceptors (Lipinski definition) is 9. The van der Waals surface area contributed by atoms with Gasteiger partial charge in [-0.3, -0.25) is 14.6 Å². The van der Waals surface area contributed by atoms with Gasteiger partial charge in [-0.1, -0.05) is 35.3 Å². The SMILES string of the molecule is COc1cc(Cl)c2cc1Oc1ccc(cc1)CC1c3cc(c(OC)cc3CCN1C)Oc1c(OC(C)=O)c(OC)c(Cl)c3c1[C@H](C2)N(C)CC3. The van der Waals surface area contributed by atoms with Gasteiger partial charge in [0.05, 0.1) is 26.4 Å². The van der Waals surface area contributed by atoms with Gasteiger partial charge in [-0.05, 0) is 97.9 Å². The van der Waals surface area contributed by atoms with Crippen molar-refractivity contribution in [2.45, 2.75) is 44.7 Å². The predicted molar refractivity (Wildman–Crippen MR) is 192 cm³/mol. The van der Waals surface area contributed by atoms with E-state index in [9.17, 15) is 4.79 Å². The van der Waals surface area contributed by atoms with Crippen LogP contribution < -0.4 is 28.4 Å². The fourth-order valence-electron chi connectivity index (χ4n) is 7.43. The quantitative estimate of drug-likeness (QED) is 0.153. The summed E-state index contributed by atoms with van der Waals surface area (Å²) in [7, 11) is 8.92. The molecule has 4 aliphatic rings. The summed E-state index contributed by atoms with van der Waals surface area (Å²) in [5, 5.41) is 0.895. The number of methoxy groups -OCH3 is 3. The van der Waals surface area contributed by atoms with Gasteiger partial charge in [0.15, 0.2) is 34.5 Å². The number of likely N-dealkylation sites (N-methyl/N-ethyl adjacent to an activating group) is 2. The molecule has 4 aromatic rings. The summed E-state index contributed by atoms with van der Waals surface area (Å²) >= 11 is 14.1. The number of fused-ring (bicyclic) bond motifs is 2. The number of nitrogens with zero attached hydrogens (tertiary/aromatic N) is 2. The minimum atomic E-state index is -0.538. The fraction of sp³-hybridized carbons (Fsp3) is 0.359. The number of esters is 1. The van der Waals surface area contributed by atoms with Crippen LogP contribution in [0.2, 0.25) is 10.0 Å². The van der Waals surface area contributed by atoms with Crippen molar-refractivity contribution in [1.82, 2.24) is 9.80 Å². The molecule has 8 rings (SSSR count). The van der Waals surface area contributed by atoms with Crippen molar-refractivity contribution in [3.8, 4) is 46.0 Å². The molecule has 0 fully saturated rings. The van der Waals surface area contributed by atoms with Crippen LogP contribution in [0.25, 0.3) is 0 Å². The Kier molecular flexibility index (Phi) is 9.52. The van der Waals surface area contributed by atoms with Gasteiger partial charge in [-0.15, -0.1) is 0 Å². The van der Waals surface area contributed by atoms with E-state index in [0.29, 0.717) is 63.9 Å². The summed E-state index contributed by atoms with van der Waals surface area (Å²) in [5.74, 6) is 2.95. The first-order valence-corrected chi connectivity index (χ1v) is 17.4. The summed E-state index contributed by atoms with van der Waals surface area (Å²) in [6, 6.07) is 15.8. The Morgan fingerprint density at radius 3 is 2.16 bits per heavy atom. The number of rotatable bonds is 4. The lowest BCUT2D eigenvalue weighted by atomic mass is 9.87. The Hall–Kier alpha value is -4.15. The monoisotopic (exact) mass is 718 g/mol. The fourth-order valence-corrected chi connectivity index (χ4v) is 8.02. The number of carbonyl (C=O) groups excluding carboxylic acids is 1. The molecule has 4 aromatic carbocycles. The number of carbonyl (C=O) groups is 1. The van der Waals surface area contributed by atoms with Gasteiger partial charge in [-0.2, -0.15) is 0 Å². The van der Waals surface area contributed by atoms with Crippen molar-refractivity contribution >= 4 is 29.2 Å². The second-order valence-corrected chi connectivity index (χ2v) is 13.8. The molecule has 2 atom stereocenters. The predicted octanol–water partition coefficient (Wildman–Crippen LogP) is 8.39. The molecule has 1 unspecified atom stereocenters. The number of ether oxygens (including phenoxy) is 6. The lowest BCUT2D eigenvalue weighted by Gasteiger charge is -2.38. The maximum atomic E-state index is 12.7. The molecule has 0 amide bonds. The van der Waals surface area contributed by atoms with E-state index >= 15 is 0 Å². The second kappa shape index (κ2) is 13.9. The minimum absolute atomic E-state index is 0.0667. The van der Waals surface area contributed by atoms with Gasteiger partial charge in [0, 0.05) is 48.7 Å². The zero-order chi connectivity index (χ0) is 35.3. The largest absolute Gasteiger partial charge is 0.493 e. The Balaban J connectivity index is 1.52. The van der Waals surface area contributed by atoms with E-state index in [1.807, 2.05) is 25.2 Å². The van der Waals surface area contributed by atoms with Gasteiger partial charge >= 0.3 is 5.97 Å². The molecule has 6 bridgehead atoms. The molecular weight excluding hydrogens is 679 g/mol. The second-order valence-electron chi connectivity index (χ2n) is 13.0. The molecule has 0 aromatic heterocycles. The number of benzene rings is 4. The van der Waals surface area contributed by atoms with E-state index < -0.39 is 5.97 Å². The van der Waals surface area contributed by atoms with Gasteiger partial charge in [0.25, 0.3) is 0 Å². The third-order valence-electron chi connectivity index (χ3n) is 10.1. The molecule has 50 heavy (non-hydrogen) atoms. The minimum Gasteiger partial charge on any atom is -0.493 e. The van der Waals surface area contributed by atoms with E-state index in [0.717, 1.165) is 47.2 Å². The van der Waals surface area contributed by atoms with Crippen LogP contribution in [0.5, 0.6) is 46.0 Å². The Morgan fingerprint density at radius 2 is 1.46 bits per heavy atom. The lowest BCUT2D eigenvalue weighted by Crippen LogP contribution is -2.34. The van der Waals surface area contributed by atoms with Gasteiger partial charge < -0.3 is 28.4 Å². The van der Waals surface area contributed by atoms with Crippen molar-refractivity contribution < 1.29 is 33.2 Å². The zero-order valence-corrected chi connectivity index (χ0v) is 30.5. The van der Waals surface area contributed by atoms with Crippen LogP contribution in [0.15, 0.2) is 48.5 Å². The van der Waals surface area contributed by atoms with E-state index in [4.69, 9.17) is 51.6 Å². The third kappa shape index (κ3) is 6.21. The van der Waals surface area contributed by atoms with Crippen molar-refractivity contribution in [2.75, 3.05) is 48.5 Å². The highest BCUT2D eigenvalue weighted by Crippen LogP contribution is 2.55. The van der Waals surface area contributed by atoms with Gasteiger partial charge in [0.1, 0.15) is 5.75 Å². The Labute approximate surface area is 302 Å². The van der Waals surface area contributed by atoms with Crippen LogP contribution in [0, 0.1) is 0 Å². The van der Waals surface area contributed by atoms with E-state index in [1.165, 1.54) is 19.6 Å². The molecular formula is C39H40Cl2N2O7. The molecule has 0 aliphatic carbocycles. The van der Waals surface area contributed by atoms with Crippen LogP contribution in [-0.2, 0) is 30.5 Å². The molecule has 4 aliphatic heterocycles. The topological polar surface area (TPSA) is 78.9 Å². The molecule has 0 saturated heterocycles. The normalized spacial score (nSPS) is 18.6. The first kappa shape index (κ1) is 34.3. The highest BCUT2D eigenvalue weighted by molar-refractivity contribution is 6.33. The van der Waals surface area contributed by atoms with Crippen molar-refractivity contribution in [3.63, 3.8) is 0 Å². The van der Waals surface area contributed by atoms with Crippen molar-refractivity contribution in [3.05, 3.63) is 92.0 Å². The highest BCUT2D eigenvalue weighted by atomic mass is 35.5. The Morgan fingerprint density at radius 1 is 0.780 bits per heavy atom. The van der Waals surface area contributed by atoms with Crippen LogP contribution in [-0.4, -0.2) is 64.3 Å². The molecule has 9 nitrogen and oxygen atoms in total. The van der Waals surface area contributed by atoms with E-state index in [-0.39, 0.29) is 23.6 Å². The lowest BCUT2D eigenvalue weighted by molar-refractivity contribution is -0.132.